The fraction of sp³-hybridized carbons (Fsp3) is 0.480. The number of aryl methyl sites for hydroxylation is 1. The molecule has 0 spiro atoms. The van der Waals surface area contributed by atoms with E-state index in [4.69, 9.17) is 4.74 Å². The predicted molar refractivity (Wildman–Crippen MR) is 138 cm³/mol. The van der Waals surface area contributed by atoms with Crippen molar-refractivity contribution in [2.75, 3.05) is 31.1 Å². The van der Waals surface area contributed by atoms with Gasteiger partial charge in [-0.1, -0.05) is 26.8 Å². The van der Waals surface area contributed by atoms with Gasteiger partial charge in [0, 0.05) is 30.9 Å². The van der Waals surface area contributed by atoms with Gasteiger partial charge >= 0.3 is 0 Å². The molecule has 0 saturated carbocycles. The molecule has 35 heavy (non-hydrogen) atoms. The molecule has 4 aromatic rings. The first-order valence-electron chi connectivity index (χ1n) is 12.2. The van der Waals surface area contributed by atoms with Crippen molar-refractivity contribution in [3.05, 3.63) is 35.5 Å². The van der Waals surface area contributed by atoms with E-state index in [2.05, 4.69) is 57.1 Å². The number of anilines is 1. The smallest absolute Gasteiger partial charge is 0.222 e. The van der Waals surface area contributed by atoms with Gasteiger partial charge in [0.2, 0.25) is 5.91 Å². The van der Waals surface area contributed by atoms with Crippen molar-refractivity contribution in [3.8, 4) is 5.75 Å². The average molecular weight is 494 g/mol. The van der Waals surface area contributed by atoms with E-state index in [0.717, 1.165) is 34.5 Å². The molecule has 1 aromatic carbocycles. The topological polar surface area (TPSA) is 100 Å². The minimum atomic E-state index is 0.176. The van der Waals surface area contributed by atoms with E-state index < -0.39 is 0 Å². The van der Waals surface area contributed by atoms with Crippen LogP contribution in [0.4, 0.5) is 5.82 Å². The number of nitrogens with one attached hydrogen (secondary N) is 1. The van der Waals surface area contributed by atoms with Gasteiger partial charge in [-0.25, -0.2) is 9.97 Å². The Morgan fingerprint density at radius 1 is 1.26 bits per heavy atom. The predicted octanol–water partition coefficient (Wildman–Crippen LogP) is 4.06. The molecule has 1 unspecified atom stereocenters. The summed E-state index contributed by atoms with van der Waals surface area (Å²) in [6.07, 6.45) is 3.78. The van der Waals surface area contributed by atoms with Crippen LogP contribution in [0.2, 0.25) is 0 Å². The summed E-state index contributed by atoms with van der Waals surface area (Å²) in [5, 5.41) is 12.0. The van der Waals surface area contributed by atoms with E-state index in [0.29, 0.717) is 49.7 Å². The van der Waals surface area contributed by atoms with Gasteiger partial charge < -0.3 is 14.5 Å². The van der Waals surface area contributed by atoms with Crippen LogP contribution in [-0.4, -0.2) is 68.5 Å². The number of amides is 1. The van der Waals surface area contributed by atoms with Gasteiger partial charge in [-0.15, -0.1) is 11.3 Å². The Labute approximate surface area is 208 Å². The molecule has 1 atom stereocenters. The Balaban J connectivity index is 1.21. The molecule has 3 aromatic heterocycles. The molecule has 0 aliphatic carbocycles. The highest BCUT2D eigenvalue weighted by Crippen LogP contribution is 2.33. The lowest BCUT2D eigenvalue weighted by Crippen LogP contribution is -2.57. The van der Waals surface area contributed by atoms with Crippen LogP contribution in [0.3, 0.4) is 0 Å². The van der Waals surface area contributed by atoms with Gasteiger partial charge in [0.15, 0.2) is 5.52 Å². The molecule has 1 N–H and O–H groups in total. The van der Waals surface area contributed by atoms with Crippen LogP contribution in [0.25, 0.3) is 21.3 Å². The minimum absolute atomic E-state index is 0.176. The zero-order chi connectivity index (χ0) is 24.4. The average Bonchev–Trinajstić information content (AvgIpc) is 3.53. The Morgan fingerprint density at radius 2 is 2.14 bits per heavy atom. The number of thiophene rings is 1. The molecule has 10 heteroatoms. The molecule has 1 aliphatic rings. The summed E-state index contributed by atoms with van der Waals surface area (Å²) >= 11 is 1.74. The molecule has 1 saturated heterocycles. The van der Waals surface area contributed by atoms with Crippen LogP contribution >= 0.6 is 11.3 Å². The summed E-state index contributed by atoms with van der Waals surface area (Å²) in [5.41, 5.74) is 1.48. The summed E-state index contributed by atoms with van der Waals surface area (Å²) < 4.78 is 5.89. The number of piperazine rings is 1. The van der Waals surface area contributed by atoms with Crippen molar-refractivity contribution in [1.82, 2.24) is 30.3 Å². The number of rotatable bonds is 8. The number of carbonyl (C=O) groups is 1. The van der Waals surface area contributed by atoms with Crippen LogP contribution in [0.1, 0.15) is 38.5 Å². The number of hydrogen-bond acceptors (Lipinski definition) is 8. The Morgan fingerprint density at radius 3 is 2.97 bits per heavy atom. The molecule has 1 amide bonds. The highest BCUT2D eigenvalue weighted by atomic mass is 32.1. The molecule has 1 fully saturated rings. The van der Waals surface area contributed by atoms with Crippen LogP contribution < -0.4 is 9.64 Å². The zero-order valence-corrected chi connectivity index (χ0v) is 21.2. The molecule has 1 aliphatic heterocycles. The van der Waals surface area contributed by atoms with Gasteiger partial charge in [-0.05, 0) is 37.0 Å². The number of carbonyl (C=O) groups excluding carboxylic acids is 1. The molecular formula is C25H31N7O2S. The van der Waals surface area contributed by atoms with Crippen molar-refractivity contribution in [2.45, 2.75) is 46.1 Å². The number of para-hydroxylation sites is 1. The summed E-state index contributed by atoms with van der Waals surface area (Å²) in [5.74, 6) is 2.24. The van der Waals surface area contributed by atoms with E-state index in [1.54, 1.807) is 17.7 Å². The van der Waals surface area contributed by atoms with Gasteiger partial charge in [0.05, 0.1) is 18.0 Å². The number of ether oxygens (including phenoxy) is 1. The van der Waals surface area contributed by atoms with Gasteiger partial charge in [-0.3, -0.25) is 4.79 Å². The first kappa shape index (κ1) is 23.5. The van der Waals surface area contributed by atoms with Crippen LogP contribution in [-0.2, 0) is 11.2 Å². The third kappa shape index (κ3) is 4.80. The van der Waals surface area contributed by atoms with Gasteiger partial charge in [0.1, 0.15) is 28.2 Å². The van der Waals surface area contributed by atoms with Crippen LogP contribution in [0.5, 0.6) is 5.75 Å². The van der Waals surface area contributed by atoms with Crippen molar-refractivity contribution in [2.24, 2.45) is 5.92 Å². The first-order valence-corrected chi connectivity index (χ1v) is 13.1. The summed E-state index contributed by atoms with van der Waals surface area (Å²) in [7, 11) is 0. The number of hydrogen-bond donors (Lipinski definition) is 1. The second kappa shape index (κ2) is 10.2. The number of benzene rings is 1. The Bertz CT molecular complexity index is 1320. The Hall–Kier alpha value is -3.27. The summed E-state index contributed by atoms with van der Waals surface area (Å²) in [6, 6.07) is 8.08. The standard InChI is InChI=1S/C25H31N7O2S/c1-4-17-13-18-24(26-15-27-25(18)35-17)32-11-10-31(14-20(32)16(2)3)22(33)9-6-12-34-21-8-5-7-19-23(21)29-30-28-19/h5,7-8,13,15-16,20H,4,6,9-12,14H2,1-3H3,(H,28,29,30). The highest BCUT2D eigenvalue weighted by molar-refractivity contribution is 7.18. The van der Waals surface area contributed by atoms with E-state index in [1.807, 2.05) is 23.1 Å². The second-order valence-corrected chi connectivity index (χ2v) is 10.3. The largest absolute Gasteiger partial charge is 0.491 e. The van der Waals surface area contributed by atoms with Crippen molar-refractivity contribution in [3.63, 3.8) is 0 Å². The molecule has 0 radical (unpaired) electrons. The number of fused-ring (bicyclic) bond motifs is 2. The maximum Gasteiger partial charge on any atom is 0.222 e. The van der Waals surface area contributed by atoms with E-state index in [1.165, 1.54) is 4.88 Å². The number of H-pyrrole nitrogens is 1. The molecule has 9 nitrogen and oxygen atoms in total. The quantitative estimate of drug-likeness (QED) is 0.370. The van der Waals surface area contributed by atoms with Gasteiger partial charge in [0.25, 0.3) is 0 Å². The second-order valence-electron chi connectivity index (χ2n) is 9.23. The third-order valence-corrected chi connectivity index (χ3v) is 7.81. The third-order valence-electron chi connectivity index (χ3n) is 6.62. The maximum absolute atomic E-state index is 13.0. The lowest BCUT2D eigenvalue weighted by Gasteiger charge is -2.44. The normalized spacial score (nSPS) is 16.5. The molecule has 4 heterocycles. The molecular weight excluding hydrogens is 462 g/mol. The monoisotopic (exact) mass is 493 g/mol. The Kier molecular flexibility index (Phi) is 6.81. The molecule has 0 bridgehead atoms. The number of nitrogens with zero attached hydrogens (tertiary/aromatic N) is 6. The lowest BCUT2D eigenvalue weighted by atomic mass is 9.98. The number of aromatic amines is 1. The van der Waals surface area contributed by atoms with Crippen molar-refractivity contribution in [1.29, 1.82) is 0 Å². The van der Waals surface area contributed by atoms with Crippen molar-refractivity contribution < 1.29 is 9.53 Å². The van der Waals surface area contributed by atoms with Gasteiger partial charge in [-0.2, -0.15) is 15.4 Å². The zero-order valence-electron chi connectivity index (χ0n) is 20.4. The van der Waals surface area contributed by atoms with Crippen molar-refractivity contribution >= 4 is 44.3 Å². The van der Waals surface area contributed by atoms with Crippen LogP contribution in [0, 0.1) is 5.92 Å². The first-order chi connectivity index (χ1) is 17.0. The fourth-order valence-corrected chi connectivity index (χ4v) is 5.62. The lowest BCUT2D eigenvalue weighted by molar-refractivity contribution is -0.132. The summed E-state index contributed by atoms with van der Waals surface area (Å²) in [6.45, 7) is 9.22. The molecule has 5 rings (SSSR count). The SMILES string of the molecule is CCc1cc2c(N3CCN(C(=O)CCCOc4cccc5n[nH]nc45)CC3C(C)C)ncnc2s1. The number of aromatic nitrogens is 5. The van der Waals surface area contributed by atoms with E-state index in [9.17, 15) is 4.79 Å². The highest BCUT2D eigenvalue weighted by Gasteiger charge is 2.33. The molecule has 184 valence electrons. The van der Waals surface area contributed by atoms with Crippen LogP contribution in [0.15, 0.2) is 30.6 Å². The minimum Gasteiger partial charge on any atom is -0.491 e. The van der Waals surface area contributed by atoms with E-state index >= 15 is 0 Å². The van der Waals surface area contributed by atoms with E-state index in [-0.39, 0.29) is 11.9 Å². The maximum atomic E-state index is 13.0. The fourth-order valence-electron chi connectivity index (χ4n) is 4.69. The summed E-state index contributed by atoms with van der Waals surface area (Å²) in [4.78, 5) is 29.0.